The molecule has 2 aromatic rings. The topological polar surface area (TPSA) is 78.5 Å². The first kappa shape index (κ1) is 18.0. The number of carbonyl (C=O) groups excluding carboxylic acids is 1. The largest absolute Gasteiger partial charge is 0.356 e. The molecule has 2 unspecified atom stereocenters. The number of anilines is 2. The Hall–Kier alpha value is -2.38. The van der Waals surface area contributed by atoms with E-state index in [2.05, 4.69) is 10.0 Å². The monoisotopic (exact) mass is 385 g/mol. The van der Waals surface area contributed by atoms with E-state index in [0.717, 1.165) is 28.1 Å². The van der Waals surface area contributed by atoms with Gasteiger partial charge < -0.3 is 10.2 Å². The summed E-state index contributed by atoms with van der Waals surface area (Å²) in [7, 11) is -3.67. The molecule has 27 heavy (non-hydrogen) atoms. The summed E-state index contributed by atoms with van der Waals surface area (Å²) in [5.74, 6) is -0.0851. The molecule has 0 radical (unpaired) electrons. The fourth-order valence-electron chi connectivity index (χ4n) is 4.35. The number of nitrogens with one attached hydrogen (secondary N) is 2. The Kier molecular flexibility index (Phi) is 4.24. The average molecular weight is 385 g/mol. The number of carbonyl (C=O) groups is 1. The molecule has 2 N–H and O–H groups in total. The molecular formula is C20H23N3O3S. The van der Waals surface area contributed by atoms with Crippen LogP contribution in [0.15, 0.2) is 41.3 Å². The number of amides is 1. The number of sulfonamides is 1. The maximum Gasteiger partial charge on any atom is 0.247 e. The molecule has 7 heteroatoms. The lowest BCUT2D eigenvalue weighted by Crippen LogP contribution is -2.44. The highest BCUT2D eigenvalue weighted by molar-refractivity contribution is 7.89. The summed E-state index contributed by atoms with van der Waals surface area (Å²) >= 11 is 0. The van der Waals surface area contributed by atoms with Gasteiger partial charge in [-0.2, -0.15) is 0 Å². The molecule has 1 amide bonds. The zero-order valence-electron chi connectivity index (χ0n) is 15.6. The quantitative estimate of drug-likeness (QED) is 0.851. The molecule has 0 aromatic heterocycles. The van der Waals surface area contributed by atoms with E-state index in [9.17, 15) is 13.2 Å². The summed E-state index contributed by atoms with van der Waals surface area (Å²) in [6, 6.07) is 10.7. The van der Waals surface area contributed by atoms with E-state index in [4.69, 9.17) is 0 Å². The molecule has 0 saturated carbocycles. The Balaban J connectivity index is 1.61. The Morgan fingerprint density at radius 1 is 1.11 bits per heavy atom. The zero-order chi connectivity index (χ0) is 19.3. The van der Waals surface area contributed by atoms with Crippen LogP contribution in [0.3, 0.4) is 0 Å². The van der Waals surface area contributed by atoms with Crippen LogP contribution in [-0.4, -0.2) is 33.0 Å². The number of hydrogen-bond acceptors (Lipinski definition) is 4. The van der Waals surface area contributed by atoms with Gasteiger partial charge in [-0.25, -0.2) is 13.1 Å². The fourth-order valence-corrected chi connectivity index (χ4v) is 6.04. The van der Waals surface area contributed by atoms with Crippen LogP contribution in [-0.2, 0) is 14.8 Å². The summed E-state index contributed by atoms with van der Waals surface area (Å²) in [5, 5.41) is 2.91. The lowest BCUT2D eigenvalue weighted by atomic mass is 10.1. The van der Waals surface area contributed by atoms with E-state index in [1.54, 1.807) is 0 Å². The SMILES string of the molecule is Cc1cc(C)c(S(=O)(=O)NC2CC3C(=O)Nc4ccccc4N3C2)c(C)c1. The van der Waals surface area contributed by atoms with Gasteiger partial charge in [0.25, 0.3) is 0 Å². The molecule has 6 nitrogen and oxygen atoms in total. The maximum atomic E-state index is 13.0. The van der Waals surface area contributed by atoms with Crippen molar-refractivity contribution in [3.8, 4) is 0 Å². The van der Waals surface area contributed by atoms with Crippen LogP contribution >= 0.6 is 0 Å². The van der Waals surface area contributed by atoms with Crippen molar-refractivity contribution >= 4 is 27.3 Å². The first-order chi connectivity index (χ1) is 12.8. The van der Waals surface area contributed by atoms with Crippen molar-refractivity contribution in [3.63, 3.8) is 0 Å². The number of para-hydroxylation sites is 2. The van der Waals surface area contributed by atoms with Crippen LogP contribution in [0.4, 0.5) is 11.4 Å². The third-order valence-corrected chi connectivity index (χ3v) is 7.10. The lowest BCUT2D eigenvalue weighted by Gasteiger charge is -2.32. The number of aryl methyl sites for hydroxylation is 3. The van der Waals surface area contributed by atoms with Gasteiger partial charge >= 0.3 is 0 Å². The fraction of sp³-hybridized carbons (Fsp3) is 0.350. The number of rotatable bonds is 3. The minimum atomic E-state index is -3.67. The van der Waals surface area contributed by atoms with Gasteiger partial charge in [0.15, 0.2) is 0 Å². The summed E-state index contributed by atoms with van der Waals surface area (Å²) in [6.45, 7) is 6.06. The Morgan fingerprint density at radius 2 is 1.78 bits per heavy atom. The molecule has 1 saturated heterocycles. The Morgan fingerprint density at radius 3 is 2.48 bits per heavy atom. The van der Waals surface area contributed by atoms with E-state index < -0.39 is 10.0 Å². The van der Waals surface area contributed by atoms with Crippen LogP contribution in [0.1, 0.15) is 23.1 Å². The van der Waals surface area contributed by atoms with Gasteiger partial charge in [0.05, 0.1) is 16.3 Å². The molecule has 142 valence electrons. The molecule has 2 aromatic carbocycles. The molecule has 2 atom stereocenters. The zero-order valence-corrected chi connectivity index (χ0v) is 16.4. The molecule has 2 heterocycles. The van der Waals surface area contributed by atoms with E-state index in [0.29, 0.717) is 17.9 Å². The lowest BCUT2D eigenvalue weighted by molar-refractivity contribution is -0.117. The van der Waals surface area contributed by atoms with Gasteiger partial charge in [0, 0.05) is 12.6 Å². The first-order valence-electron chi connectivity index (χ1n) is 9.03. The summed E-state index contributed by atoms with van der Waals surface area (Å²) in [6.07, 6.45) is 0.448. The molecule has 2 aliphatic heterocycles. The molecule has 2 aliphatic rings. The van der Waals surface area contributed by atoms with Gasteiger partial charge in [-0.15, -0.1) is 0 Å². The van der Waals surface area contributed by atoms with Crippen molar-refractivity contribution < 1.29 is 13.2 Å². The van der Waals surface area contributed by atoms with E-state index >= 15 is 0 Å². The van der Waals surface area contributed by atoms with Gasteiger partial charge in [0.2, 0.25) is 15.9 Å². The van der Waals surface area contributed by atoms with E-state index in [1.165, 1.54) is 0 Å². The summed E-state index contributed by atoms with van der Waals surface area (Å²) < 4.78 is 28.9. The highest BCUT2D eigenvalue weighted by atomic mass is 32.2. The Labute approximate surface area is 159 Å². The predicted molar refractivity (Wildman–Crippen MR) is 106 cm³/mol. The maximum absolute atomic E-state index is 13.0. The van der Waals surface area contributed by atoms with Crippen LogP contribution < -0.4 is 14.9 Å². The smallest absolute Gasteiger partial charge is 0.247 e. The second-order valence-electron chi connectivity index (χ2n) is 7.46. The van der Waals surface area contributed by atoms with Crippen LogP contribution in [0.2, 0.25) is 0 Å². The van der Waals surface area contributed by atoms with Crippen LogP contribution in [0.5, 0.6) is 0 Å². The summed E-state index contributed by atoms with van der Waals surface area (Å²) in [5.41, 5.74) is 4.21. The Bertz CT molecular complexity index is 1010. The molecule has 0 bridgehead atoms. The van der Waals surface area contributed by atoms with Crippen molar-refractivity contribution in [2.75, 3.05) is 16.8 Å². The van der Waals surface area contributed by atoms with Gasteiger partial charge in [-0.3, -0.25) is 4.79 Å². The second-order valence-corrected chi connectivity index (χ2v) is 9.11. The van der Waals surface area contributed by atoms with Crippen molar-refractivity contribution in [3.05, 3.63) is 53.1 Å². The van der Waals surface area contributed by atoms with Crippen molar-refractivity contribution in [2.45, 2.75) is 44.2 Å². The minimum absolute atomic E-state index is 0.0851. The van der Waals surface area contributed by atoms with Crippen LogP contribution in [0, 0.1) is 20.8 Å². The van der Waals surface area contributed by atoms with Gasteiger partial charge in [0.1, 0.15) is 6.04 Å². The van der Waals surface area contributed by atoms with Crippen LogP contribution in [0.25, 0.3) is 0 Å². The number of hydrogen-bond donors (Lipinski definition) is 2. The highest BCUT2D eigenvalue weighted by Crippen LogP contribution is 2.36. The third kappa shape index (κ3) is 3.11. The highest BCUT2D eigenvalue weighted by Gasteiger charge is 2.42. The number of fused-ring (bicyclic) bond motifs is 3. The predicted octanol–water partition coefficient (Wildman–Crippen LogP) is 2.49. The third-order valence-electron chi connectivity index (χ3n) is 5.27. The van der Waals surface area contributed by atoms with Crippen molar-refractivity contribution in [1.82, 2.24) is 4.72 Å². The molecular weight excluding hydrogens is 362 g/mol. The molecule has 1 fully saturated rings. The summed E-state index contributed by atoms with van der Waals surface area (Å²) in [4.78, 5) is 14.8. The normalized spacial score (nSPS) is 21.6. The second kappa shape index (κ2) is 6.35. The average Bonchev–Trinajstić information content (AvgIpc) is 2.97. The van der Waals surface area contributed by atoms with Crippen molar-refractivity contribution in [2.24, 2.45) is 0 Å². The first-order valence-corrected chi connectivity index (χ1v) is 10.5. The van der Waals surface area contributed by atoms with Gasteiger partial charge in [-0.05, 0) is 50.5 Å². The van der Waals surface area contributed by atoms with Crippen molar-refractivity contribution in [1.29, 1.82) is 0 Å². The number of benzene rings is 2. The molecule has 0 spiro atoms. The van der Waals surface area contributed by atoms with E-state index in [1.807, 2.05) is 62.1 Å². The number of nitrogens with zero attached hydrogens (tertiary/aromatic N) is 1. The molecule has 0 aliphatic carbocycles. The van der Waals surface area contributed by atoms with Gasteiger partial charge in [-0.1, -0.05) is 29.8 Å². The van der Waals surface area contributed by atoms with E-state index in [-0.39, 0.29) is 18.0 Å². The minimum Gasteiger partial charge on any atom is -0.356 e. The molecule has 4 rings (SSSR count). The standard InChI is InChI=1S/C20H23N3O3S/c1-12-8-13(2)19(14(3)9-12)27(25,26)22-15-10-18-20(24)21-16-6-4-5-7-17(16)23(18)11-15/h4-9,15,18,22H,10-11H2,1-3H3,(H,21,24).